The van der Waals surface area contributed by atoms with E-state index in [1.165, 1.54) is 19.4 Å². The summed E-state index contributed by atoms with van der Waals surface area (Å²) in [5, 5.41) is 0. The van der Waals surface area contributed by atoms with Crippen molar-refractivity contribution in [3.05, 3.63) is 0 Å². The molecular weight excluding hydrogens is 134 g/mol. The van der Waals surface area contributed by atoms with E-state index in [0.29, 0.717) is 0 Å². The van der Waals surface area contributed by atoms with Crippen molar-refractivity contribution in [3.63, 3.8) is 0 Å². The van der Waals surface area contributed by atoms with Crippen molar-refractivity contribution in [2.75, 3.05) is 13.6 Å². The Hall–Kier alpha value is -0.0400. The molecule has 0 spiro atoms. The average molecular weight is 157 g/mol. The van der Waals surface area contributed by atoms with Gasteiger partial charge in [0.05, 0.1) is 0 Å². The Morgan fingerprint density at radius 2 is 1.64 bits per heavy atom. The van der Waals surface area contributed by atoms with Crippen LogP contribution < -0.4 is 0 Å². The Bertz CT molecular complexity index is 90.9. The summed E-state index contributed by atoms with van der Waals surface area (Å²) in [6, 6.07) is 0.740. The SMILES string of the molecule is CCC(C)CN(C)[C@H](C)CC. The molecule has 0 aromatic rings. The largest absolute Gasteiger partial charge is 0.303 e. The molecule has 1 heteroatoms. The van der Waals surface area contributed by atoms with Crippen molar-refractivity contribution in [1.29, 1.82) is 0 Å². The summed E-state index contributed by atoms with van der Waals surface area (Å²) >= 11 is 0. The zero-order chi connectivity index (χ0) is 8.85. The van der Waals surface area contributed by atoms with Crippen LogP contribution >= 0.6 is 0 Å². The maximum Gasteiger partial charge on any atom is 0.00613 e. The topological polar surface area (TPSA) is 3.24 Å². The van der Waals surface area contributed by atoms with Crippen LogP contribution in [0.15, 0.2) is 0 Å². The van der Waals surface area contributed by atoms with Gasteiger partial charge in [-0.3, -0.25) is 0 Å². The lowest BCUT2D eigenvalue weighted by molar-refractivity contribution is 0.217. The lowest BCUT2D eigenvalue weighted by Crippen LogP contribution is -2.32. The third-order valence-electron chi connectivity index (χ3n) is 2.64. The van der Waals surface area contributed by atoms with Crippen LogP contribution in [0.4, 0.5) is 0 Å². The summed E-state index contributed by atoms with van der Waals surface area (Å²) in [6.45, 7) is 10.4. The van der Waals surface area contributed by atoms with E-state index in [1.807, 2.05) is 0 Å². The molecule has 0 aromatic carbocycles. The van der Waals surface area contributed by atoms with Crippen LogP contribution in [0.1, 0.15) is 40.5 Å². The van der Waals surface area contributed by atoms with E-state index < -0.39 is 0 Å². The molecule has 0 fully saturated rings. The number of nitrogens with zero attached hydrogens (tertiary/aromatic N) is 1. The fourth-order valence-corrected chi connectivity index (χ4v) is 1.11. The van der Waals surface area contributed by atoms with Gasteiger partial charge in [0.1, 0.15) is 0 Å². The molecule has 0 amide bonds. The Labute approximate surface area is 71.8 Å². The summed E-state index contributed by atoms with van der Waals surface area (Å²) in [4.78, 5) is 2.45. The van der Waals surface area contributed by atoms with Crippen LogP contribution in [0.2, 0.25) is 0 Å². The zero-order valence-corrected chi connectivity index (χ0v) is 8.72. The molecule has 0 radical (unpaired) electrons. The van der Waals surface area contributed by atoms with E-state index in [-0.39, 0.29) is 0 Å². The van der Waals surface area contributed by atoms with Crippen LogP contribution in [0.25, 0.3) is 0 Å². The van der Waals surface area contributed by atoms with Crippen LogP contribution in [-0.2, 0) is 0 Å². The standard InChI is InChI=1S/C10H23N/c1-6-9(3)8-11(5)10(4)7-2/h9-10H,6-8H2,1-5H3/t9?,10-/m1/s1. The van der Waals surface area contributed by atoms with E-state index >= 15 is 0 Å². The Morgan fingerprint density at radius 1 is 1.09 bits per heavy atom. The van der Waals surface area contributed by atoms with E-state index in [4.69, 9.17) is 0 Å². The van der Waals surface area contributed by atoms with Crippen molar-refractivity contribution < 1.29 is 0 Å². The molecule has 0 aliphatic rings. The van der Waals surface area contributed by atoms with Gasteiger partial charge in [-0.15, -0.1) is 0 Å². The van der Waals surface area contributed by atoms with Gasteiger partial charge in [0, 0.05) is 12.6 Å². The molecule has 68 valence electrons. The normalized spacial score (nSPS) is 16.9. The van der Waals surface area contributed by atoms with Crippen LogP contribution in [0.3, 0.4) is 0 Å². The third-order valence-corrected chi connectivity index (χ3v) is 2.64. The van der Waals surface area contributed by atoms with E-state index in [9.17, 15) is 0 Å². The van der Waals surface area contributed by atoms with Crippen molar-refractivity contribution in [3.8, 4) is 0 Å². The first-order valence-corrected chi connectivity index (χ1v) is 4.82. The number of rotatable bonds is 5. The molecule has 1 nitrogen and oxygen atoms in total. The molecule has 0 saturated carbocycles. The number of hydrogen-bond donors (Lipinski definition) is 0. The zero-order valence-electron chi connectivity index (χ0n) is 8.72. The highest BCUT2D eigenvalue weighted by Crippen LogP contribution is 2.07. The van der Waals surface area contributed by atoms with Crippen LogP contribution in [0.5, 0.6) is 0 Å². The maximum atomic E-state index is 2.45. The fourth-order valence-electron chi connectivity index (χ4n) is 1.11. The average Bonchev–Trinajstić information content (AvgIpc) is 2.02. The summed E-state index contributed by atoms with van der Waals surface area (Å²) in [5.74, 6) is 0.842. The molecule has 0 N–H and O–H groups in total. The first-order valence-electron chi connectivity index (χ1n) is 4.82. The molecular formula is C10H23N. The fraction of sp³-hybridized carbons (Fsp3) is 1.00. The van der Waals surface area contributed by atoms with Gasteiger partial charge in [-0.2, -0.15) is 0 Å². The molecule has 0 saturated heterocycles. The quantitative estimate of drug-likeness (QED) is 0.593. The Balaban J connectivity index is 3.58. The predicted octanol–water partition coefficient (Wildman–Crippen LogP) is 2.76. The van der Waals surface area contributed by atoms with Gasteiger partial charge >= 0.3 is 0 Å². The van der Waals surface area contributed by atoms with Gasteiger partial charge in [0.25, 0.3) is 0 Å². The van der Waals surface area contributed by atoms with Gasteiger partial charge in [-0.1, -0.05) is 27.2 Å². The monoisotopic (exact) mass is 157 g/mol. The molecule has 1 unspecified atom stereocenters. The third kappa shape index (κ3) is 4.41. The molecule has 0 aromatic heterocycles. The molecule has 0 bridgehead atoms. The minimum absolute atomic E-state index is 0.740. The van der Waals surface area contributed by atoms with Crippen LogP contribution in [0, 0.1) is 5.92 Å². The lowest BCUT2D eigenvalue weighted by Gasteiger charge is -2.26. The maximum absolute atomic E-state index is 2.45. The van der Waals surface area contributed by atoms with Crippen molar-refractivity contribution in [2.45, 2.75) is 46.6 Å². The van der Waals surface area contributed by atoms with Gasteiger partial charge in [-0.25, -0.2) is 0 Å². The molecule has 2 atom stereocenters. The van der Waals surface area contributed by atoms with E-state index in [1.54, 1.807) is 0 Å². The smallest absolute Gasteiger partial charge is 0.00613 e. The first-order chi connectivity index (χ1) is 5.11. The molecule has 11 heavy (non-hydrogen) atoms. The van der Waals surface area contributed by atoms with Gasteiger partial charge in [0.15, 0.2) is 0 Å². The summed E-state index contributed by atoms with van der Waals surface area (Å²) < 4.78 is 0. The summed E-state index contributed by atoms with van der Waals surface area (Å²) in [7, 11) is 2.22. The minimum Gasteiger partial charge on any atom is -0.303 e. The minimum atomic E-state index is 0.740. The van der Waals surface area contributed by atoms with Gasteiger partial charge in [-0.05, 0) is 26.3 Å². The van der Waals surface area contributed by atoms with Crippen molar-refractivity contribution in [1.82, 2.24) is 4.90 Å². The highest BCUT2D eigenvalue weighted by Gasteiger charge is 2.08. The van der Waals surface area contributed by atoms with E-state index in [2.05, 4.69) is 39.6 Å². The highest BCUT2D eigenvalue weighted by molar-refractivity contribution is 4.63. The second-order valence-electron chi connectivity index (χ2n) is 3.71. The van der Waals surface area contributed by atoms with Crippen molar-refractivity contribution in [2.24, 2.45) is 5.92 Å². The second kappa shape index (κ2) is 5.59. The van der Waals surface area contributed by atoms with E-state index in [0.717, 1.165) is 12.0 Å². The van der Waals surface area contributed by atoms with Gasteiger partial charge in [0.2, 0.25) is 0 Å². The predicted molar refractivity (Wildman–Crippen MR) is 51.8 cm³/mol. The first kappa shape index (κ1) is 11.0. The molecule has 0 heterocycles. The molecule has 0 rings (SSSR count). The second-order valence-corrected chi connectivity index (χ2v) is 3.71. The Kier molecular flexibility index (Phi) is 5.57. The number of hydrogen-bond acceptors (Lipinski definition) is 1. The summed E-state index contributed by atoms with van der Waals surface area (Å²) in [6.07, 6.45) is 2.55. The molecule has 0 aliphatic carbocycles. The Morgan fingerprint density at radius 3 is 2.00 bits per heavy atom. The van der Waals surface area contributed by atoms with Crippen LogP contribution in [-0.4, -0.2) is 24.5 Å². The highest BCUT2D eigenvalue weighted by atomic mass is 15.1. The van der Waals surface area contributed by atoms with Crippen molar-refractivity contribution >= 4 is 0 Å². The summed E-state index contributed by atoms with van der Waals surface area (Å²) in [5.41, 5.74) is 0. The van der Waals surface area contributed by atoms with Gasteiger partial charge < -0.3 is 4.90 Å². The molecule has 0 aliphatic heterocycles. The lowest BCUT2D eigenvalue weighted by atomic mass is 10.1.